The van der Waals surface area contributed by atoms with Crippen LogP contribution in [0, 0.1) is 0 Å². The first kappa shape index (κ1) is 23.7. The Morgan fingerprint density at radius 3 is 2.56 bits per heavy atom. The third-order valence-electron chi connectivity index (χ3n) is 6.17. The molecule has 0 spiro atoms. The molecule has 0 radical (unpaired) electrons. The number of fused-ring (bicyclic) bond motifs is 1. The van der Waals surface area contributed by atoms with Crippen molar-refractivity contribution in [1.82, 2.24) is 5.32 Å². The Bertz CT molecular complexity index is 1040. The predicted octanol–water partition coefficient (Wildman–Crippen LogP) is 3.86. The summed E-state index contributed by atoms with van der Waals surface area (Å²) in [6, 6.07) is 10.9. The molecule has 2 aromatic carbocycles. The minimum atomic E-state index is -0.299. The summed E-state index contributed by atoms with van der Waals surface area (Å²) in [5, 5.41) is 3.20. The van der Waals surface area contributed by atoms with Gasteiger partial charge in [0.1, 0.15) is 19.3 Å². The second kappa shape index (κ2) is 10.7. The molecule has 1 heterocycles. The summed E-state index contributed by atoms with van der Waals surface area (Å²) in [6.07, 6.45) is 1.75. The van der Waals surface area contributed by atoms with Gasteiger partial charge < -0.3 is 29.0 Å². The quantitative estimate of drug-likeness (QED) is 0.616. The van der Waals surface area contributed by atoms with Crippen LogP contribution in [0.2, 0.25) is 0 Å². The number of esters is 1. The topological polar surface area (TPSA) is 92.3 Å². The van der Waals surface area contributed by atoms with E-state index < -0.39 is 0 Å². The Hall–Kier alpha value is -3.42. The Balaban J connectivity index is 1.57. The van der Waals surface area contributed by atoms with Gasteiger partial charge in [0, 0.05) is 24.4 Å². The van der Waals surface area contributed by atoms with E-state index >= 15 is 0 Å². The van der Waals surface area contributed by atoms with Crippen LogP contribution in [-0.2, 0) is 9.53 Å². The standard InChI is InChI=1S/C26H31NO7/c1-4-31-24-13-17(5-9-22(24)30-3)20-15-19(34-16(2)28)7-8-21(20)27-26(29)18-6-10-23-25(14-18)33-12-11-32-23/h5-6,9-10,13-14,19-21H,4,7-8,11-12,15H2,1-3H3,(H,27,29). The van der Waals surface area contributed by atoms with Crippen molar-refractivity contribution < 1.29 is 33.3 Å². The van der Waals surface area contributed by atoms with E-state index in [1.165, 1.54) is 6.92 Å². The number of carbonyl (C=O) groups excluding carboxylic acids is 2. The number of hydrogen-bond donors (Lipinski definition) is 1. The number of nitrogens with one attached hydrogen (secondary N) is 1. The second-order valence-corrected chi connectivity index (χ2v) is 8.43. The highest BCUT2D eigenvalue weighted by molar-refractivity contribution is 5.95. The number of benzene rings is 2. The van der Waals surface area contributed by atoms with Crippen LogP contribution in [0.1, 0.15) is 54.9 Å². The zero-order valence-electron chi connectivity index (χ0n) is 19.8. The van der Waals surface area contributed by atoms with Gasteiger partial charge >= 0.3 is 5.97 Å². The van der Waals surface area contributed by atoms with Crippen molar-refractivity contribution in [2.75, 3.05) is 26.9 Å². The first-order chi connectivity index (χ1) is 16.5. The molecule has 1 saturated carbocycles. The number of methoxy groups -OCH3 is 1. The molecule has 34 heavy (non-hydrogen) atoms. The van der Waals surface area contributed by atoms with Crippen LogP contribution in [0.3, 0.4) is 0 Å². The van der Waals surface area contributed by atoms with Crippen molar-refractivity contribution in [3.05, 3.63) is 47.5 Å². The summed E-state index contributed by atoms with van der Waals surface area (Å²) in [5.74, 6) is 1.96. The normalized spacial score (nSPS) is 21.3. The van der Waals surface area contributed by atoms with Gasteiger partial charge in [0.2, 0.25) is 0 Å². The molecule has 2 aliphatic rings. The maximum Gasteiger partial charge on any atom is 0.302 e. The monoisotopic (exact) mass is 469 g/mol. The molecule has 0 bridgehead atoms. The van der Waals surface area contributed by atoms with Gasteiger partial charge in [0.05, 0.1) is 13.7 Å². The fourth-order valence-electron chi connectivity index (χ4n) is 4.64. The van der Waals surface area contributed by atoms with Gasteiger partial charge in [0.25, 0.3) is 5.91 Å². The minimum Gasteiger partial charge on any atom is -0.493 e. The molecule has 0 saturated heterocycles. The largest absolute Gasteiger partial charge is 0.493 e. The van der Waals surface area contributed by atoms with Crippen molar-refractivity contribution >= 4 is 11.9 Å². The Labute approximate surface area is 199 Å². The van der Waals surface area contributed by atoms with E-state index in [1.807, 2.05) is 25.1 Å². The lowest BCUT2D eigenvalue weighted by molar-refractivity contribution is -0.148. The van der Waals surface area contributed by atoms with Crippen molar-refractivity contribution in [2.24, 2.45) is 0 Å². The van der Waals surface area contributed by atoms with Crippen LogP contribution in [0.25, 0.3) is 0 Å². The third kappa shape index (κ3) is 5.38. The van der Waals surface area contributed by atoms with Crippen molar-refractivity contribution in [1.29, 1.82) is 0 Å². The molecule has 8 nitrogen and oxygen atoms in total. The van der Waals surface area contributed by atoms with E-state index in [4.69, 9.17) is 23.7 Å². The molecule has 1 aliphatic heterocycles. The first-order valence-corrected chi connectivity index (χ1v) is 11.7. The van der Waals surface area contributed by atoms with Gasteiger partial charge in [-0.05, 0) is 62.1 Å². The van der Waals surface area contributed by atoms with Crippen molar-refractivity contribution in [3.63, 3.8) is 0 Å². The van der Waals surface area contributed by atoms with Gasteiger partial charge in [0.15, 0.2) is 23.0 Å². The summed E-state index contributed by atoms with van der Waals surface area (Å²) in [6.45, 7) is 4.80. The van der Waals surface area contributed by atoms with Crippen LogP contribution in [0.5, 0.6) is 23.0 Å². The summed E-state index contributed by atoms with van der Waals surface area (Å²) >= 11 is 0. The van der Waals surface area contributed by atoms with Crippen LogP contribution < -0.4 is 24.3 Å². The highest BCUT2D eigenvalue weighted by Crippen LogP contribution is 2.39. The highest BCUT2D eigenvalue weighted by Gasteiger charge is 2.35. The molecular formula is C26H31NO7. The van der Waals surface area contributed by atoms with Gasteiger partial charge in [-0.2, -0.15) is 0 Å². The maximum atomic E-state index is 13.2. The predicted molar refractivity (Wildman–Crippen MR) is 125 cm³/mol. The van der Waals surface area contributed by atoms with E-state index in [2.05, 4.69) is 5.32 Å². The van der Waals surface area contributed by atoms with Crippen molar-refractivity contribution in [2.45, 2.75) is 51.2 Å². The molecular weight excluding hydrogens is 438 g/mol. The molecule has 4 rings (SSSR count). The maximum absolute atomic E-state index is 13.2. The SMILES string of the molecule is CCOc1cc(C2CC(OC(C)=O)CCC2NC(=O)c2ccc3c(c2)OCCO3)ccc1OC. The number of ether oxygens (including phenoxy) is 5. The lowest BCUT2D eigenvalue weighted by Gasteiger charge is -2.36. The smallest absolute Gasteiger partial charge is 0.302 e. The molecule has 1 aliphatic carbocycles. The third-order valence-corrected chi connectivity index (χ3v) is 6.17. The Kier molecular flexibility index (Phi) is 7.45. The number of hydrogen-bond acceptors (Lipinski definition) is 7. The molecule has 3 atom stereocenters. The summed E-state index contributed by atoms with van der Waals surface area (Å²) in [7, 11) is 1.60. The summed E-state index contributed by atoms with van der Waals surface area (Å²) < 4.78 is 27.9. The van der Waals surface area contributed by atoms with E-state index in [1.54, 1.807) is 25.3 Å². The van der Waals surface area contributed by atoms with Gasteiger partial charge in [-0.25, -0.2) is 0 Å². The molecule has 1 N–H and O–H groups in total. The van der Waals surface area contributed by atoms with Crippen molar-refractivity contribution in [3.8, 4) is 23.0 Å². The fraction of sp³-hybridized carbons (Fsp3) is 0.462. The van der Waals surface area contributed by atoms with Gasteiger partial charge in [-0.1, -0.05) is 6.07 Å². The average Bonchev–Trinajstić information content (AvgIpc) is 2.84. The zero-order chi connectivity index (χ0) is 24.1. The lowest BCUT2D eigenvalue weighted by Crippen LogP contribution is -2.44. The van der Waals surface area contributed by atoms with E-state index in [-0.39, 0.29) is 29.9 Å². The molecule has 1 fully saturated rings. The molecule has 0 aromatic heterocycles. The Morgan fingerprint density at radius 2 is 1.82 bits per heavy atom. The van der Waals surface area contributed by atoms with Gasteiger partial charge in [-0.15, -0.1) is 0 Å². The number of carbonyl (C=O) groups is 2. The Morgan fingerprint density at radius 1 is 1.03 bits per heavy atom. The summed E-state index contributed by atoms with van der Waals surface area (Å²) in [4.78, 5) is 24.8. The minimum absolute atomic E-state index is 0.0654. The lowest BCUT2D eigenvalue weighted by atomic mass is 9.78. The average molecular weight is 470 g/mol. The molecule has 1 amide bonds. The van der Waals surface area contributed by atoms with Crippen LogP contribution in [0.4, 0.5) is 0 Å². The highest BCUT2D eigenvalue weighted by atomic mass is 16.6. The summed E-state index contributed by atoms with van der Waals surface area (Å²) in [5.41, 5.74) is 1.50. The van der Waals surface area contributed by atoms with Crippen LogP contribution in [0.15, 0.2) is 36.4 Å². The first-order valence-electron chi connectivity index (χ1n) is 11.7. The zero-order valence-corrected chi connectivity index (χ0v) is 19.8. The van der Waals surface area contributed by atoms with E-state index in [0.29, 0.717) is 67.6 Å². The molecule has 2 aromatic rings. The molecule has 3 unspecified atom stereocenters. The van der Waals surface area contributed by atoms with Crippen LogP contribution in [-0.4, -0.2) is 51.0 Å². The van der Waals surface area contributed by atoms with E-state index in [9.17, 15) is 9.59 Å². The van der Waals surface area contributed by atoms with E-state index in [0.717, 1.165) is 5.56 Å². The number of rotatable bonds is 7. The fourth-order valence-corrected chi connectivity index (χ4v) is 4.64. The second-order valence-electron chi connectivity index (χ2n) is 8.43. The molecule has 182 valence electrons. The van der Waals surface area contributed by atoms with Gasteiger partial charge in [-0.3, -0.25) is 9.59 Å². The number of amides is 1. The van der Waals surface area contributed by atoms with Crippen LogP contribution >= 0.6 is 0 Å². The molecule has 8 heteroatoms.